The molecule has 0 spiro atoms. The first-order valence-electron chi connectivity index (χ1n) is 13.7. The van der Waals surface area contributed by atoms with E-state index in [0.717, 1.165) is 59.0 Å². The lowest BCUT2D eigenvalue weighted by Gasteiger charge is -2.20. The molecule has 4 aromatic heterocycles. The standard InChI is InChI=1S/C14H18N4O3S2.C13H16N4OS/c1-23(20,21)18-4-2-3-17(5-6-18)14(19)11-7-13(22-10-11)12-8-15-16-9-12;18-13(17-4-1-2-14-3-5-17)10-6-12(19-9-10)11-7-15-16-8-11/h7-10H,2-6H2,1H3,(H,15,16);6-9,14H,1-5H2,(H,15,16). The summed E-state index contributed by atoms with van der Waals surface area (Å²) in [4.78, 5) is 30.8. The van der Waals surface area contributed by atoms with Crippen molar-refractivity contribution >= 4 is 44.5 Å². The van der Waals surface area contributed by atoms with Crippen molar-refractivity contribution in [3.63, 3.8) is 0 Å². The summed E-state index contributed by atoms with van der Waals surface area (Å²) in [5.41, 5.74) is 3.40. The van der Waals surface area contributed by atoms with Crippen LogP contribution in [-0.4, -0.2) is 113 Å². The highest BCUT2D eigenvalue weighted by Crippen LogP contribution is 2.28. The average molecular weight is 631 g/mol. The number of aromatic nitrogens is 4. The summed E-state index contributed by atoms with van der Waals surface area (Å²) in [5.74, 6) is 0.0843. The van der Waals surface area contributed by atoms with E-state index in [0.29, 0.717) is 38.2 Å². The Morgan fingerprint density at radius 2 is 1.33 bits per heavy atom. The molecule has 2 aliphatic rings. The molecule has 0 atom stereocenters. The Morgan fingerprint density at radius 3 is 1.88 bits per heavy atom. The Hall–Kier alpha value is -3.37. The molecule has 0 saturated carbocycles. The first-order chi connectivity index (χ1) is 20.3. The molecule has 6 rings (SSSR count). The second-order valence-electron chi connectivity index (χ2n) is 10.1. The van der Waals surface area contributed by atoms with E-state index in [2.05, 4.69) is 25.7 Å². The number of hydrogen-bond donors (Lipinski definition) is 3. The maximum atomic E-state index is 12.6. The van der Waals surface area contributed by atoms with E-state index < -0.39 is 10.0 Å². The first kappa shape index (κ1) is 30.1. The molecule has 0 aliphatic carbocycles. The summed E-state index contributed by atoms with van der Waals surface area (Å²) in [6.45, 7) is 5.30. The van der Waals surface area contributed by atoms with Gasteiger partial charge in [-0.25, -0.2) is 12.7 Å². The lowest BCUT2D eigenvalue weighted by molar-refractivity contribution is 0.0758. The maximum Gasteiger partial charge on any atom is 0.254 e. The van der Waals surface area contributed by atoms with Gasteiger partial charge in [0.15, 0.2) is 0 Å². The molecule has 3 N–H and O–H groups in total. The van der Waals surface area contributed by atoms with Crippen LogP contribution < -0.4 is 5.32 Å². The number of nitrogens with one attached hydrogen (secondary N) is 3. The molecule has 224 valence electrons. The Bertz CT molecular complexity index is 1560. The van der Waals surface area contributed by atoms with Crippen LogP contribution in [0, 0.1) is 0 Å². The molecule has 2 fully saturated rings. The van der Waals surface area contributed by atoms with Crippen molar-refractivity contribution in [3.8, 4) is 20.9 Å². The van der Waals surface area contributed by atoms with Crippen molar-refractivity contribution in [2.75, 3.05) is 58.6 Å². The van der Waals surface area contributed by atoms with Crippen molar-refractivity contribution < 1.29 is 18.0 Å². The topological polar surface area (TPSA) is 147 Å². The molecule has 0 bridgehead atoms. The number of sulfonamides is 1. The van der Waals surface area contributed by atoms with Crippen molar-refractivity contribution in [2.24, 2.45) is 0 Å². The Labute approximate surface area is 252 Å². The molecular weight excluding hydrogens is 597 g/mol. The fourth-order valence-electron chi connectivity index (χ4n) is 4.81. The molecule has 2 saturated heterocycles. The maximum absolute atomic E-state index is 12.6. The second kappa shape index (κ2) is 13.7. The van der Waals surface area contributed by atoms with Gasteiger partial charge in [0.25, 0.3) is 11.8 Å². The van der Waals surface area contributed by atoms with Crippen LogP contribution in [0.25, 0.3) is 20.9 Å². The minimum atomic E-state index is -3.20. The van der Waals surface area contributed by atoms with Crippen LogP contribution in [-0.2, 0) is 10.0 Å². The largest absolute Gasteiger partial charge is 0.337 e. The number of H-pyrrole nitrogens is 2. The van der Waals surface area contributed by atoms with Crippen LogP contribution in [0.5, 0.6) is 0 Å². The molecule has 4 aromatic rings. The average Bonchev–Trinajstić information content (AvgIpc) is 3.77. The minimum Gasteiger partial charge on any atom is -0.337 e. The normalized spacial score (nSPS) is 16.8. The summed E-state index contributed by atoms with van der Waals surface area (Å²) in [6.07, 6.45) is 10.0. The van der Waals surface area contributed by atoms with E-state index in [9.17, 15) is 18.0 Å². The smallest absolute Gasteiger partial charge is 0.254 e. The zero-order chi connectivity index (χ0) is 29.5. The third-order valence-corrected chi connectivity index (χ3v) is 10.4. The van der Waals surface area contributed by atoms with E-state index in [1.165, 1.54) is 21.9 Å². The van der Waals surface area contributed by atoms with Gasteiger partial charge < -0.3 is 15.1 Å². The van der Waals surface area contributed by atoms with Crippen molar-refractivity contribution in [1.82, 2.24) is 39.8 Å². The molecule has 0 aromatic carbocycles. The second-order valence-corrected chi connectivity index (χ2v) is 13.9. The van der Waals surface area contributed by atoms with Crippen LogP contribution in [0.2, 0.25) is 0 Å². The van der Waals surface area contributed by atoms with E-state index in [4.69, 9.17) is 0 Å². The Kier molecular flexibility index (Phi) is 9.84. The molecule has 42 heavy (non-hydrogen) atoms. The van der Waals surface area contributed by atoms with Crippen LogP contribution in [0.4, 0.5) is 0 Å². The summed E-state index contributed by atoms with van der Waals surface area (Å²) in [6, 6.07) is 3.81. The van der Waals surface area contributed by atoms with Gasteiger partial charge >= 0.3 is 0 Å². The number of thiophene rings is 2. The Morgan fingerprint density at radius 1 is 0.762 bits per heavy atom. The molecule has 15 heteroatoms. The number of carbonyl (C=O) groups excluding carboxylic acids is 2. The third-order valence-electron chi connectivity index (χ3n) is 7.10. The van der Waals surface area contributed by atoms with Gasteiger partial charge in [0.05, 0.1) is 29.8 Å². The highest BCUT2D eigenvalue weighted by Gasteiger charge is 2.25. The van der Waals surface area contributed by atoms with Crippen LogP contribution in [0.15, 0.2) is 47.7 Å². The third kappa shape index (κ3) is 7.52. The highest BCUT2D eigenvalue weighted by atomic mass is 32.2. The predicted octanol–water partition coefficient (Wildman–Crippen LogP) is 2.82. The van der Waals surface area contributed by atoms with Gasteiger partial charge in [-0.3, -0.25) is 19.8 Å². The zero-order valence-electron chi connectivity index (χ0n) is 23.3. The lowest BCUT2D eigenvalue weighted by atomic mass is 10.2. The number of rotatable bonds is 5. The first-order valence-corrected chi connectivity index (χ1v) is 17.3. The number of hydrogen-bond acceptors (Lipinski definition) is 9. The van der Waals surface area contributed by atoms with E-state index in [1.54, 1.807) is 34.8 Å². The van der Waals surface area contributed by atoms with Gasteiger partial charge in [-0.05, 0) is 31.5 Å². The number of carbonyl (C=O) groups is 2. The van der Waals surface area contributed by atoms with Gasteiger partial charge in [-0.1, -0.05) is 0 Å². The summed E-state index contributed by atoms with van der Waals surface area (Å²) in [5, 5.41) is 20.5. The molecule has 2 aliphatic heterocycles. The van der Waals surface area contributed by atoms with E-state index >= 15 is 0 Å². The number of nitrogens with zero attached hydrogens (tertiary/aromatic N) is 5. The van der Waals surface area contributed by atoms with Crippen molar-refractivity contribution in [2.45, 2.75) is 12.8 Å². The van der Waals surface area contributed by atoms with Crippen LogP contribution in [0.3, 0.4) is 0 Å². The van der Waals surface area contributed by atoms with Gasteiger partial charge in [0, 0.05) is 89.8 Å². The molecule has 2 amide bonds. The molecular formula is C27H34N8O4S3. The van der Waals surface area contributed by atoms with Gasteiger partial charge in [0.2, 0.25) is 10.0 Å². The van der Waals surface area contributed by atoms with Gasteiger partial charge in [-0.15, -0.1) is 22.7 Å². The SMILES string of the molecule is CS(=O)(=O)N1CCCN(C(=O)c2csc(-c3cn[nH]c3)c2)CC1.O=C(c1csc(-c2cn[nH]c2)c1)N1CCCNCC1. The van der Waals surface area contributed by atoms with E-state index in [-0.39, 0.29) is 11.8 Å². The van der Waals surface area contributed by atoms with Gasteiger partial charge in [0.1, 0.15) is 0 Å². The summed E-state index contributed by atoms with van der Waals surface area (Å²) >= 11 is 3.08. The quantitative estimate of drug-likeness (QED) is 0.307. The summed E-state index contributed by atoms with van der Waals surface area (Å²) in [7, 11) is -3.20. The summed E-state index contributed by atoms with van der Waals surface area (Å²) < 4.78 is 24.7. The Balaban J connectivity index is 0.000000171. The number of amides is 2. The van der Waals surface area contributed by atoms with Crippen molar-refractivity contribution in [3.05, 3.63) is 58.8 Å². The fraction of sp³-hybridized carbons (Fsp3) is 0.407. The molecule has 12 nitrogen and oxygen atoms in total. The highest BCUT2D eigenvalue weighted by molar-refractivity contribution is 7.88. The van der Waals surface area contributed by atoms with Gasteiger partial charge in [-0.2, -0.15) is 10.2 Å². The van der Waals surface area contributed by atoms with Crippen LogP contribution in [0.1, 0.15) is 33.6 Å². The van der Waals surface area contributed by atoms with Crippen molar-refractivity contribution in [1.29, 1.82) is 0 Å². The fourth-order valence-corrected chi connectivity index (χ4v) is 7.42. The lowest BCUT2D eigenvalue weighted by Crippen LogP contribution is -2.36. The predicted molar refractivity (Wildman–Crippen MR) is 164 cm³/mol. The van der Waals surface area contributed by atoms with Crippen LogP contribution >= 0.6 is 22.7 Å². The molecule has 0 radical (unpaired) electrons. The zero-order valence-corrected chi connectivity index (χ0v) is 25.7. The monoisotopic (exact) mass is 630 g/mol. The minimum absolute atomic E-state index is 0.0497. The molecule has 6 heterocycles. The molecule has 0 unspecified atom stereocenters. The van der Waals surface area contributed by atoms with E-state index in [1.807, 2.05) is 34.0 Å². The number of aromatic amines is 2.